The molecule has 0 saturated carbocycles. The van der Waals surface area contributed by atoms with Crippen molar-refractivity contribution in [2.45, 2.75) is 31.0 Å². The van der Waals surface area contributed by atoms with E-state index in [1.807, 2.05) is 53.9 Å². The van der Waals surface area contributed by atoms with E-state index in [0.29, 0.717) is 5.75 Å². The van der Waals surface area contributed by atoms with E-state index in [9.17, 15) is 4.79 Å². The fourth-order valence-electron chi connectivity index (χ4n) is 2.46. The average Bonchev–Trinajstić information content (AvgIpc) is 3.02. The first-order valence-electron chi connectivity index (χ1n) is 7.98. The predicted molar refractivity (Wildman–Crippen MR) is 96.1 cm³/mol. The van der Waals surface area contributed by atoms with Crippen LogP contribution in [0.25, 0.3) is 5.65 Å². The third-order valence-electron chi connectivity index (χ3n) is 3.73. The fourth-order valence-corrected chi connectivity index (χ4v) is 3.20. The van der Waals surface area contributed by atoms with Crippen LogP contribution in [-0.4, -0.2) is 32.3 Å². The monoisotopic (exact) mass is 340 g/mol. The number of carbonyl (C=O) groups is 1. The van der Waals surface area contributed by atoms with Gasteiger partial charge in [0.05, 0.1) is 5.75 Å². The highest BCUT2D eigenvalue weighted by Gasteiger charge is 2.11. The Morgan fingerprint density at radius 2 is 1.96 bits per heavy atom. The van der Waals surface area contributed by atoms with Gasteiger partial charge < -0.3 is 5.32 Å². The third kappa shape index (κ3) is 4.35. The topological polar surface area (TPSA) is 59.3 Å². The van der Waals surface area contributed by atoms with Gasteiger partial charge in [-0.3, -0.25) is 9.20 Å². The lowest BCUT2D eigenvalue weighted by Crippen LogP contribution is -2.34. The maximum Gasteiger partial charge on any atom is 0.230 e. The second-order valence-electron chi connectivity index (χ2n) is 5.69. The van der Waals surface area contributed by atoms with Crippen LogP contribution in [0.2, 0.25) is 0 Å². The van der Waals surface area contributed by atoms with Crippen LogP contribution < -0.4 is 5.32 Å². The summed E-state index contributed by atoms with van der Waals surface area (Å²) in [5, 5.41) is 12.0. The summed E-state index contributed by atoms with van der Waals surface area (Å²) in [5.41, 5.74) is 2.08. The van der Waals surface area contributed by atoms with Crippen molar-refractivity contribution >= 4 is 23.3 Å². The summed E-state index contributed by atoms with van der Waals surface area (Å²) in [6.07, 6.45) is 3.79. The average molecular weight is 340 g/mol. The lowest BCUT2D eigenvalue weighted by atomic mass is 10.1. The summed E-state index contributed by atoms with van der Waals surface area (Å²) >= 11 is 1.40. The van der Waals surface area contributed by atoms with Crippen LogP contribution in [0.1, 0.15) is 18.9 Å². The molecule has 124 valence electrons. The van der Waals surface area contributed by atoms with E-state index in [4.69, 9.17) is 0 Å². The summed E-state index contributed by atoms with van der Waals surface area (Å²) in [5.74, 6) is 0.360. The number of carbonyl (C=O) groups excluding carboxylic acids is 1. The highest BCUT2D eigenvalue weighted by molar-refractivity contribution is 7.99. The molecule has 0 aliphatic carbocycles. The first-order valence-corrected chi connectivity index (χ1v) is 8.97. The quantitative estimate of drug-likeness (QED) is 0.672. The molecule has 3 rings (SSSR count). The largest absolute Gasteiger partial charge is 0.353 e. The minimum absolute atomic E-state index is 0.0215. The Labute approximate surface area is 145 Å². The molecule has 6 heteroatoms. The lowest BCUT2D eigenvalue weighted by Gasteiger charge is -2.13. The lowest BCUT2D eigenvalue weighted by molar-refractivity contribution is -0.119. The zero-order valence-electron chi connectivity index (χ0n) is 13.6. The number of pyridine rings is 1. The molecule has 1 N–H and O–H groups in total. The molecule has 5 nitrogen and oxygen atoms in total. The van der Waals surface area contributed by atoms with Gasteiger partial charge in [-0.25, -0.2) is 0 Å². The molecule has 0 saturated heterocycles. The van der Waals surface area contributed by atoms with Crippen molar-refractivity contribution in [1.82, 2.24) is 19.9 Å². The van der Waals surface area contributed by atoms with Crippen molar-refractivity contribution in [1.29, 1.82) is 0 Å². The van der Waals surface area contributed by atoms with Crippen LogP contribution in [0.4, 0.5) is 0 Å². The van der Waals surface area contributed by atoms with Gasteiger partial charge in [-0.1, -0.05) is 48.2 Å². The number of benzene rings is 1. The number of hydrogen-bond acceptors (Lipinski definition) is 4. The van der Waals surface area contributed by atoms with E-state index < -0.39 is 0 Å². The van der Waals surface area contributed by atoms with Crippen LogP contribution in [0.15, 0.2) is 59.9 Å². The van der Waals surface area contributed by atoms with E-state index in [2.05, 4.69) is 27.6 Å². The van der Waals surface area contributed by atoms with Crippen molar-refractivity contribution in [2.75, 3.05) is 5.75 Å². The van der Waals surface area contributed by atoms with E-state index in [1.165, 1.54) is 17.3 Å². The number of amides is 1. The molecule has 0 aliphatic rings. The SMILES string of the molecule is CC(CCc1ccccc1)NC(=O)CSc1nnc2ccccn12. The van der Waals surface area contributed by atoms with Gasteiger partial charge in [0.15, 0.2) is 10.8 Å². The summed E-state index contributed by atoms with van der Waals surface area (Å²) in [6.45, 7) is 2.04. The minimum Gasteiger partial charge on any atom is -0.353 e. The van der Waals surface area contributed by atoms with Crippen LogP contribution in [0, 0.1) is 0 Å². The Balaban J connectivity index is 1.45. The molecule has 1 aromatic carbocycles. The van der Waals surface area contributed by atoms with Crippen molar-refractivity contribution in [2.24, 2.45) is 0 Å². The standard InChI is InChI=1S/C18H20N4OS/c1-14(10-11-15-7-3-2-4-8-15)19-17(23)13-24-18-21-20-16-9-5-6-12-22(16)18/h2-9,12,14H,10-11,13H2,1H3,(H,19,23). The van der Waals surface area contributed by atoms with Crippen LogP contribution in [0.5, 0.6) is 0 Å². The van der Waals surface area contributed by atoms with Crippen molar-refractivity contribution in [3.63, 3.8) is 0 Å². The number of aromatic nitrogens is 3. The zero-order chi connectivity index (χ0) is 16.8. The normalized spacial score (nSPS) is 12.2. The number of rotatable bonds is 7. The molecular formula is C18H20N4OS. The third-order valence-corrected chi connectivity index (χ3v) is 4.67. The Hall–Kier alpha value is -2.34. The number of fused-ring (bicyclic) bond motifs is 1. The summed E-state index contributed by atoms with van der Waals surface area (Å²) in [4.78, 5) is 12.1. The highest BCUT2D eigenvalue weighted by atomic mass is 32.2. The summed E-state index contributed by atoms with van der Waals surface area (Å²) in [7, 11) is 0. The smallest absolute Gasteiger partial charge is 0.230 e. The second kappa shape index (κ2) is 7.97. The molecule has 2 heterocycles. The molecule has 0 fully saturated rings. The van der Waals surface area contributed by atoms with Crippen molar-refractivity contribution in [3.8, 4) is 0 Å². The molecular weight excluding hydrogens is 320 g/mol. The molecule has 0 radical (unpaired) electrons. The number of nitrogens with zero attached hydrogens (tertiary/aromatic N) is 3. The summed E-state index contributed by atoms with van der Waals surface area (Å²) in [6, 6.07) is 16.2. The van der Waals surface area contributed by atoms with Crippen LogP contribution in [-0.2, 0) is 11.2 Å². The first-order chi connectivity index (χ1) is 11.7. The van der Waals surface area contributed by atoms with Gasteiger partial charge in [-0.2, -0.15) is 0 Å². The second-order valence-corrected chi connectivity index (χ2v) is 6.64. The molecule has 3 aromatic rings. The Kier molecular flexibility index (Phi) is 5.48. The number of thioether (sulfide) groups is 1. The molecule has 1 unspecified atom stereocenters. The molecule has 0 spiro atoms. The van der Waals surface area contributed by atoms with Gasteiger partial charge in [-0.15, -0.1) is 10.2 Å². The van der Waals surface area contributed by atoms with Gasteiger partial charge in [-0.05, 0) is 37.5 Å². The van der Waals surface area contributed by atoms with Gasteiger partial charge in [0.1, 0.15) is 0 Å². The van der Waals surface area contributed by atoms with Gasteiger partial charge in [0, 0.05) is 12.2 Å². The molecule has 1 amide bonds. The number of hydrogen-bond donors (Lipinski definition) is 1. The number of nitrogens with one attached hydrogen (secondary N) is 1. The van der Waals surface area contributed by atoms with Gasteiger partial charge in [0.2, 0.25) is 5.91 Å². The van der Waals surface area contributed by atoms with E-state index in [0.717, 1.165) is 23.6 Å². The Bertz CT molecular complexity index is 803. The first kappa shape index (κ1) is 16.5. The molecule has 0 bridgehead atoms. The van der Waals surface area contributed by atoms with E-state index in [1.54, 1.807) is 0 Å². The maximum atomic E-state index is 12.1. The Morgan fingerprint density at radius 1 is 1.17 bits per heavy atom. The summed E-state index contributed by atoms with van der Waals surface area (Å²) < 4.78 is 1.89. The molecule has 24 heavy (non-hydrogen) atoms. The Morgan fingerprint density at radius 3 is 2.79 bits per heavy atom. The van der Waals surface area contributed by atoms with Crippen molar-refractivity contribution < 1.29 is 4.79 Å². The maximum absolute atomic E-state index is 12.1. The molecule has 2 aromatic heterocycles. The van der Waals surface area contributed by atoms with Crippen molar-refractivity contribution in [3.05, 3.63) is 60.3 Å². The fraction of sp³-hybridized carbons (Fsp3) is 0.278. The molecule has 0 aliphatic heterocycles. The highest BCUT2D eigenvalue weighted by Crippen LogP contribution is 2.16. The number of aryl methyl sites for hydroxylation is 1. The van der Waals surface area contributed by atoms with E-state index in [-0.39, 0.29) is 11.9 Å². The molecule has 1 atom stereocenters. The van der Waals surface area contributed by atoms with Crippen LogP contribution in [0.3, 0.4) is 0 Å². The van der Waals surface area contributed by atoms with Gasteiger partial charge in [0.25, 0.3) is 0 Å². The van der Waals surface area contributed by atoms with Gasteiger partial charge >= 0.3 is 0 Å². The predicted octanol–water partition coefficient (Wildman–Crippen LogP) is 2.96. The van der Waals surface area contributed by atoms with E-state index >= 15 is 0 Å². The van der Waals surface area contributed by atoms with Crippen LogP contribution >= 0.6 is 11.8 Å². The minimum atomic E-state index is 0.0215. The zero-order valence-corrected chi connectivity index (χ0v) is 14.4.